The van der Waals surface area contributed by atoms with E-state index in [9.17, 15) is 4.79 Å². The van der Waals surface area contributed by atoms with Crippen LogP contribution in [-0.4, -0.2) is 45.8 Å². The van der Waals surface area contributed by atoms with Crippen molar-refractivity contribution in [1.82, 2.24) is 20.0 Å². The molecule has 1 N–H and O–H groups in total. The predicted molar refractivity (Wildman–Crippen MR) is 108 cm³/mol. The standard InChI is InChI=1S/C22H34N4O/c1-2-13-26-20-12-11-18(23-17-9-5-6-10-17)16-19(20)21(24-26)22(27)25-14-7-3-4-8-15-25/h2,17-18,23H,1,3-16H2. The van der Waals surface area contributed by atoms with E-state index in [1.54, 1.807) is 0 Å². The van der Waals surface area contributed by atoms with E-state index in [1.165, 1.54) is 49.8 Å². The fourth-order valence-corrected chi connectivity index (χ4v) is 5.12. The molecule has 5 nitrogen and oxygen atoms in total. The molecule has 2 heterocycles. The van der Waals surface area contributed by atoms with Gasteiger partial charge in [-0.2, -0.15) is 5.10 Å². The fraction of sp³-hybridized carbons (Fsp3) is 0.727. The summed E-state index contributed by atoms with van der Waals surface area (Å²) in [5.41, 5.74) is 3.18. The van der Waals surface area contributed by atoms with Gasteiger partial charge in [-0.3, -0.25) is 9.48 Å². The molecule has 1 aromatic heterocycles. The predicted octanol–water partition coefficient (Wildman–Crippen LogP) is 3.47. The lowest BCUT2D eigenvalue weighted by Crippen LogP contribution is -2.41. The second-order valence-electron chi connectivity index (χ2n) is 8.54. The van der Waals surface area contributed by atoms with Gasteiger partial charge in [-0.05, 0) is 44.9 Å². The molecule has 5 heteroatoms. The number of rotatable bonds is 5. The third-order valence-electron chi connectivity index (χ3n) is 6.57. The summed E-state index contributed by atoms with van der Waals surface area (Å²) in [7, 11) is 0. The number of fused-ring (bicyclic) bond motifs is 1. The Morgan fingerprint density at radius 2 is 1.81 bits per heavy atom. The summed E-state index contributed by atoms with van der Waals surface area (Å²) in [6, 6.07) is 1.15. The van der Waals surface area contributed by atoms with Gasteiger partial charge in [-0.25, -0.2) is 0 Å². The van der Waals surface area contributed by atoms with Crippen molar-refractivity contribution in [3.05, 3.63) is 29.6 Å². The first kappa shape index (κ1) is 18.7. The van der Waals surface area contributed by atoms with Crippen LogP contribution in [-0.2, 0) is 19.4 Å². The molecule has 2 aliphatic carbocycles. The lowest BCUT2D eigenvalue weighted by molar-refractivity contribution is 0.0753. The van der Waals surface area contributed by atoms with Crippen molar-refractivity contribution < 1.29 is 4.79 Å². The van der Waals surface area contributed by atoms with Crippen LogP contribution in [0.1, 0.15) is 79.5 Å². The number of hydrogen-bond acceptors (Lipinski definition) is 3. The highest BCUT2D eigenvalue weighted by Gasteiger charge is 2.32. The Morgan fingerprint density at radius 1 is 1.07 bits per heavy atom. The van der Waals surface area contributed by atoms with Crippen molar-refractivity contribution in [2.24, 2.45) is 0 Å². The van der Waals surface area contributed by atoms with Crippen molar-refractivity contribution in [2.45, 2.75) is 89.3 Å². The smallest absolute Gasteiger partial charge is 0.274 e. The average Bonchev–Trinajstić information content (AvgIpc) is 3.21. The molecule has 1 unspecified atom stereocenters. The third-order valence-corrected chi connectivity index (χ3v) is 6.57. The summed E-state index contributed by atoms with van der Waals surface area (Å²) < 4.78 is 2.03. The minimum Gasteiger partial charge on any atom is -0.337 e. The van der Waals surface area contributed by atoms with Crippen LogP contribution >= 0.6 is 0 Å². The topological polar surface area (TPSA) is 50.2 Å². The Labute approximate surface area is 163 Å². The Kier molecular flexibility index (Phi) is 5.96. The van der Waals surface area contributed by atoms with Crippen molar-refractivity contribution in [1.29, 1.82) is 0 Å². The number of amides is 1. The molecule has 0 spiro atoms. The summed E-state index contributed by atoms with van der Waals surface area (Å²) in [5.74, 6) is 0.150. The van der Waals surface area contributed by atoms with Crippen molar-refractivity contribution in [3.63, 3.8) is 0 Å². The molecular weight excluding hydrogens is 336 g/mol. The number of allylic oxidation sites excluding steroid dienone is 1. The van der Waals surface area contributed by atoms with Crippen LogP contribution < -0.4 is 5.32 Å². The molecule has 0 bridgehead atoms. The van der Waals surface area contributed by atoms with E-state index in [0.29, 0.717) is 24.3 Å². The Hall–Kier alpha value is -1.62. The Bertz CT molecular complexity index is 666. The van der Waals surface area contributed by atoms with Crippen LogP contribution in [0.3, 0.4) is 0 Å². The minimum absolute atomic E-state index is 0.150. The molecule has 1 atom stereocenters. The summed E-state index contributed by atoms with van der Waals surface area (Å²) in [6.07, 6.45) is 15.0. The monoisotopic (exact) mass is 370 g/mol. The van der Waals surface area contributed by atoms with Gasteiger partial charge in [0.05, 0.1) is 6.54 Å². The van der Waals surface area contributed by atoms with Crippen LogP contribution in [0.2, 0.25) is 0 Å². The highest BCUT2D eigenvalue weighted by atomic mass is 16.2. The number of hydrogen-bond donors (Lipinski definition) is 1. The molecule has 1 saturated carbocycles. The maximum Gasteiger partial charge on any atom is 0.274 e. The van der Waals surface area contributed by atoms with Gasteiger partial charge in [-0.15, -0.1) is 6.58 Å². The number of likely N-dealkylation sites (tertiary alicyclic amines) is 1. The SMILES string of the molecule is C=CCn1nc(C(=O)N2CCCCCC2)c2c1CCC(NC1CCCC1)C2. The van der Waals surface area contributed by atoms with E-state index in [4.69, 9.17) is 5.10 Å². The molecule has 1 aromatic rings. The molecule has 0 aromatic carbocycles. The first-order valence-corrected chi connectivity index (χ1v) is 11.0. The normalized spacial score (nSPS) is 23.9. The first-order chi connectivity index (χ1) is 13.3. The molecular formula is C22H34N4O. The van der Waals surface area contributed by atoms with Crippen LogP contribution in [0.5, 0.6) is 0 Å². The largest absolute Gasteiger partial charge is 0.337 e. The zero-order valence-electron chi connectivity index (χ0n) is 16.6. The van der Waals surface area contributed by atoms with Crippen molar-refractivity contribution in [2.75, 3.05) is 13.1 Å². The van der Waals surface area contributed by atoms with Gasteiger partial charge in [0, 0.05) is 36.4 Å². The maximum atomic E-state index is 13.3. The molecule has 0 radical (unpaired) electrons. The highest BCUT2D eigenvalue weighted by molar-refractivity contribution is 5.94. The Morgan fingerprint density at radius 3 is 2.52 bits per heavy atom. The van der Waals surface area contributed by atoms with Gasteiger partial charge in [0.25, 0.3) is 5.91 Å². The summed E-state index contributed by atoms with van der Waals surface area (Å²) >= 11 is 0. The zero-order valence-corrected chi connectivity index (χ0v) is 16.6. The molecule has 27 heavy (non-hydrogen) atoms. The number of carbonyl (C=O) groups is 1. The van der Waals surface area contributed by atoms with Gasteiger partial charge in [-0.1, -0.05) is 31.8 Å². The molecule has 1 saturated heterocycles. The molecule has 3 aliphatic rings. The number of carbonyl (C=O) groups excluding carboxylic acids is 1. The summed E-state index contributed by atoms with van der Waals surface area (Å²) in [5, 5.41) is 8.65. The minimum atomic E-state index is 0.150. The first-order valence-electron chi connectivity index (χ1n) is 11.0. The quantitative estimate of drug-likeness (QED) is 0.808. The van der Waals surface area contributed by atoms with E-state index < -0.39 is 0 Å². The maximum absolute atomic E-state index is 13.3. The number of aromatic nitrogens is 2. The van der Waals surface area contributed by atoms with Gasteiger partial charge >= 0.3 is 0 Å². The summed E-state index contributed by atoms with van der Waals surface area (Å²) in [4.78, 5) is 15.3. The van der Waals surface area contributed by atoms with E-state index >= 15 is 0 Å². The van der Waals surface area contributed by atoms with Gasteiger partial charge < -0.3 is 10.2 Å². The highest BCUT2D eigenvalue weighted by Crippen LogP contribution is 2.28. The van der Waals surface area contributed by atoms with Crippen molar-refractivity contribution >= 4 is 5.91 Å². The van der Waals surface area contributed by atoms with E-state index in [2.05, 4.69) is 11.9 Å². The van der Waals surface area contributed by atoms with Crippen LogP contribution in [0.25, 0.3) is 0 Å². The van der Waals surface area contributed by atoms with Gasteiger partial charge in [0.2, 0.25) is 0 Å². The lowest BCUT2D eigenvalue weighted by Gasteiger charge is -2.28. The average molecular weight is 371 g/mol. The lowest BCUT2D eigenvalue weighted by atomic mass is 9.90. The fourth-order valence-electron chi connectivity index (χ4n) is 5.12. The zero-order chi connectivity index (χ0) is 18.6. The van der Waals surface area contributed by atoms with E-state index in [0.717, 1.165) is 45.2 Å². The molecule has 1 aliphatic heterocycles. The van der Waals surface area contributed by atoms with Crippen LogP contribution in [0.15, 0.2) is 12.7 Å². The number of nitrogens with zero attached hydrogens (tertiary/aromatic N) is 3. The third kappa shape index (κ3) is 4.13. The Balaban J connectivity index is 1.56. The molecule has 2 fully saturated rings. The molecule has 1 amide bonds. The number of nitrogens with one attached hydrogen (secondary N) is 1. The second kappa shape index (κ2) is 8.59. The van der Waals surface area contributed by atoms with E-state index in [1.807, 2.05) is 15.7 Å². The summed E-state index contributed by atoms with van der Waals surface area (Å²) in [6.45, 7) is 6.33. The molecule has 148 valence electrons. The van der Waals surface area contributed by atoms with Crippen molar-refractivity contribution in [3.8, 4) is 0 Å². The second-order valence-corrected chi connectivity index (χ2v) is 8.54. The molecule has 4 rings (SSSR count). The van der Waals surface area contributed by atoms with E-state index in [-0.39, 0.29) is 5.91 Å². The van der Waals surface area contributed by atoms with Crippen LogP contribution in [0.4, 0.5) is 0 Å². The van der Waals surface area contributed by atoms with Crippen LogP contribution in [0, 0.1) is 0 Å². The van der Waals surface area contributed by atoms with Gasteiger partial charge in [0.1, 0.15) is 0 Å². The van der Waals surface area contributed by atoms with Gasteiger partial charge in [0.15, 0.2) is 5.69 Å².